The molecule has 1 aromatic carbocycles. The Labute approximate surface area is 116 Å². The van der Waals surface area contributed by atoms with Crippen molar-refractivity contribution in [1.82, 2.24) is 5.32 Å². The summed E-state index contributed by atoms with van der Waals surface area (Å²) in [6.07, 6.45) is 0.185. The number of anilines is 2. The van der Waals surface area contributed by atoms with Crippen molar-refractivity contribution in [1.29, 1.82) is 0 Å². The summed E-state index contributed by atoms with van der Waals surface area (Å²) in [5.74, 6) is -0.503. The summed E-state index contributed by atoms with van der Waals surface area (Å²) in [5.41, 5.74) is 0.462. The van der Waals surface area contributed by atoms with Crippen molar-refractivity contribution in [2.75, 3.05) is 17.2 Å². The van der Waals surface area contributed by atoms with E-state index in [1.807, 2.05) is 0 Å². The Kier molecular flexibility index (Phi) is 3.74. The highest BCUT2D eigenvalue weighted by Crippen LogP contribution is 2.27. The Hall–Kier alpha value is -2.37. The van der Waals surface area contributed by atoms with Crippen LogP contribution < -0.4 is 16.0 Å². The fourth-order valence-corrected chi connectivity index (χ4v) is 2.09. The summed E-state index contributed by atoms with van der Waals surface area (Å²) in [5, 5.41) is 8.08. The zero-order valence-corrected chi connectivity index (χ0v) is 11.4. The van der Waals surface area contributed by atoms with E-state index in [1.165, 1.54) is 6.92 Å². The van der Waals surface area contributed by atoms with Crippen LogP contribution in [-0.4, -0.2) is 24.3 Å². The van der Waals surface area contributed by atoms with Gasteiger partial charge in [-0.2, -0.15) is 0 Å². The van der Waals surface area contributed by atoms with E-state index in [4.69, 9.17) is 0 Å². The Balaban J connectivity index is 2.08. The minimum absolute atomic E-state index is 0.116. The van der Waals surface area contributed by atoms with Crippen molar-refractivity contribution in [3.63, 3.8) is 0 Å². The molecule has 2 rings (SSSR count). The molecular formula is C14H17N3O3. The van der Waals surface area contributed by atoms with Crippen LogP contribution in [0, 0.1) is 5.41 Å². The predicted octanol–water partition coefficient (Wildman–Crippen LogP) is 1.11. The minimum Gasteiger partial charge on any atom is -0.355 e. The topological polar surface area (TPSA) is 87.3 Å². The molecule has 1 atom stereocenters. The summed E-state index contributed by atoms with van der Waals surface area (Å²) >= 11 is 0. The lowest BCUT2D eigenvalue weighted by Gasteiger charge is -2.20. The molecule has 1 fully saturated rings. The average Bonchev–Trinajstić information content (AvgIpc) is 2.70. The van der Waals surface area contributed by atoms with E-state index < -0.39 is 5.41 Å². The van der Waals surface area contributed by atoms with E-state index in [2.05, 4.69) is 16.0 Å². The largest absolute Gasteiger partial charge is 0.355 e. The molecule has 0 saturated carbocycles. The van der Waals surface area contributed by atoms with Gasteiger partial charge in [-0.3, -0.25) is 14.4 Å². The smallest absolute Gasteiger partial charge is 0.232 e. The number of amides is 3. The quantitative estimate of drug-likeness (QED) is 0.772. The summed E-state index contributed by atoms with van der Waals surface area (Å²) in [7, 11) is 0. The number of nitrogens with one attached hydrogen (secondary N) is 3. The van der Waals surface area contributed by atoms with E-state index in [-0.39, 0.29) is 24.1 Å². The highest BCUT2D eigenvalue weighted by atomic mass is 16.2. The van der Waals surface area contributed by atoms with Crippen LogP contribution in [0.1, 0.15) is 20.3 Å². The van der Waals surface area contributed by atoms with Crippen LogP contribution in [0.5, 0.6) is 0 Å². The molecule has 6 nitrogen and oxygen atoms in total. The summed E-state index contributed by atoms with van der Waals surface area (Å²) in [4.78, 5) is 34.5. The van der Waals surface area contributed by atoms with Gasteiger partial charge in [0.1, 0.15) is 0 Å². The standard InChI is InChI=1S/C14H17N3O3/c1-9(18)16-10-4-3-5-11(6-10)17-13(20)14(2)7-12(19)15-8-14/h3-6H,7-8H2,1-2H3,(H,15,19)(H,16,18)(H,17,20). The molecule has 0 aliphatic carbocycles. The van der Waals surface area contributed by atoms with Gasteiger partial charge in [-0.25, -0.2) is 0 Å². The van der Waals surface area contributed by atoms with Gasteiger partial charge in [0.25, 0.3) is 0 Å². The average molecular weight is 275 g/mol. The lowest BCUT2D eigenvalue weighted by molar-refractivity contribution is -0.126. The predicted molar refractivity (Wildman–Crippen MR) is 75.1 cm³/mol. The van der Waals surface area contributed by atoms with Crippen molar-refractivity contribution in [2.24, 2.45) is 5.41 Å². The Morgan fingerprint density at radius 1 is 1.25 bits per heavy atom. The maximum Gasteiger partial charge on any atom is 0.232 e. The van der Waals surface area contributed by atoms with Crippen LogP contribution in [0.25, 0.3) is 0 Å². The Bertz CT molecular complexity index is 571. The molecule has 0 bridgehead atoms. The molecule has 1 aliphatic heterocycles. The molecule has 0 aromatic heterocycles. The van der Waals surface area contributed by atoms with E-state index >= 15 is 0 Å². The monoisotopic (exact) mass is 275 g/mol. The number of benzene rings is 1. The first-order valence-electron chi connectivity index (χ1n) is 6.35. The van der Waals surface area contributed by atoms with Gasteiger partial charge in [0, 0.05) is 31.3 Å². The fraction of sp³-hybridized carbons (Fsp3) is 0.357. The zero-order valence-electron chi connectivity index (χ0n) is 11.4. The summed E-state index contributed by atoms with van der Waals surface area (Å²) < 4.78 is 0. The van der Waals surface area contributed by atoms with Crippen molar-refractivity contribution in [3.8, 4) is 0 Å². The molecule has 20 heavy (non-hydrogen) atoms. The number of carbonyl (C=O) groups excluding carboxylic acids is 3. The number of hydrogen-bond acceptors (Lipinski definition) is 3. The van der Waals surface area contributed by atoms with Crippen molar-refractivity contribution in [3.05, 3.63) is 24.3 Å². The lowest BCUT2D eigenvalue weighted by atomic mass is 9.88. The molecule has 1 saturated heterocycles. The molecule has 3 N–H and O–H groups in total. The second-order valence-corrected chi connectivity index (χ2v) is 5.23. The van der Waals surface area contributed by atoms with Gasteiger partial charge >= 0.3 is 0 Å². The third-order valence-corrected chi connectivity index (χ3v) is 3.22. The first-order chi connectivity index (χ1) is 9.39. The normalized spacial score (nSPS) is 21.2. The van der Waals surface area contributed by atoms with Gasteiger partial charge in [0.2, 0.25) is 17.7 Å². The molecule has 106 valence electrons. The van der Waals surface area contributed by atoms with Gasteiger partial charge in [-0.15, -0.1) is 0 Å². The van der Waals surface area contributed by atoms with Gasteiger partial charge in [-0.05, 0) is 25.1 Å². The van der Waals surface area contributed by atoms with Crippen molar-refractivity contribution >= 4 is 29.1 Å². The Morgan fingerprint density at radius 2 is 1.90 bits per heavy atom. The van der Waals surface area contributed by atoms with E-state index in [0.717, 1.165) is 0 Å². The lowest BCUT2D eigenvalue weighted by Crippen LogP contribution is -2.35. The maximum atomic E-state index is 12.2. The third-order valence-electron chi connectivity index (χ3n) is 3.22. The molecule has 1 heterocycles. The molecule has 6 heteroatoms. The first kappa shape index (κ1) is 14.0. The molecule has 1 aliphatic rings. The summed E-state index contributed by atoms with van der Waals surface area (Å²) in [6, 6.07) is 6.88. The van der Waals surface area contributed by atoms with Crippen molar-refractivity contribution in [2.45, 2.75) is 20.3 Å². The van der Waals surface area contributed by atoms with Crippen LogP contribution in [0.2, 0.25) is 0 Å². The number of rotatable bonds is 3. The molecule has 0 spiro atoms. The SMILES string of the molecule is CC(=O)Nc1cccc(NC(=O)C2(C)CNC(=O)C2)c1. The van der Waals surface area contributed by atoms with E-state index in [9.17, 15) is 14.4 Å². The number of hydrogen-bond donors (Lipinski definition) is 3. The van der Waals surface area contributed by atoms with Crippen LogP contribution in [0.3, 0.4) is 0 Å². The molecule has 1 aromatic rings. The first-order valence-corrected chi connectivity index (χ1v) is 6.35. The molecule has 3 amide bonds. The third kappa shape index (κ3) is 3.14. The van der Waals surface area contributed by atoms with Gasteiger partial charge in [0.05, 0.1) is 5.41 Å². The highest BCUT2D eigenvalue weighted by molar-refractivity contribution is 6.00. The molecule has 0 radical (unpaired) electrons. The van der Waals surface area contributed by atoms with Crippen LogP contribution in [0.4, 0.5) is 11.4 Å². The van der Waals surface area contributed by atoms with Gasteiger partial charge in [0.15, 0.2) is 0 Å². The maximum absolute atomic E-state index is 12.2. The molecule has 1 unspecified atom stereocenters. The van der Waals surface area contributed by atoms with E-state index in [1.54, 1.807) is 31.2 Å². The van der Waals surface area contributed by atoms with Crippen molar-refractivity contribution < 1.29 is 14.4 Å². The van der Waals surface area contributed by atoms with Gasteiger partial charge < -0.3 is 16.0 Å². The minimum atomic E-state index is -0.735. The second-order valence-electron chi connectivity index (χ2n) is 5.23. The number of carbonyl (C=O) groups is 3. The summed E-state index contributed by atoms with van der Waals surface area (Å²) in [6.45, 7) is 3.50. The fourth-order valence-electron chi connectivity index (χ4n) is 2.09. The second kappa shape index (κ2) is 5.32. The Morgan fingerprint density at radius 3 is 2.45 bits per heavy atom. The molecular weight excluding hydrogens is 258 g/mol. The van der Waals surface area contributed by atoms with Crippen LogP contribution in [0.15, 0.2) is 24.3 Å². The van der Waals surface area contributed by atoms with Crippen LogP contribution in [-0.2, 0) is 14.4 Å². The zero-order chi connectivity index (χ0) is 14.8. The highest BCUT2D eigenvalue weighted by Gasteiger charge is 2.40. The van der Waals surface area contributed by atoms with E-state index in [0.29, 0.717) is 17.9 Å². The van der Waals surface area contributed by atoms with Gasteiger partial charge in [-0.1, -0.05) is 6.07 Å². The van der Waals surface area contributed by atoms with Crippen LogP contribution >= 0.6 is 0 Å².